The number of rotatable bonds is 6. The first kappa shape index (κ1) is 14.3. The molecule has 0 saturated heterocycles. The van der Waals surface area contributed by atoms with Crippen molar-refractivity contribution in [1.29, 1.82) is 0 Å². The zero-order valence-corrected chi connectivity index (χ0v) is 11.4. The van der Waals surface area contributed by atoms with Crippen molar-refractivity contribution in [3.8, 4) is 0 Å². The molecule has 0 saturated carbocycles. The molecule has 0 radical (unpaired) electrons. The summed E-state index contributed by atoms with van der Waals surface area (Å²) >= 11 is 0. The number of hydrogen-bond donors (Lipinski definition) is 2. The summed E-state index contributed by atoms with van der Waals surface area (Å²) in [5.41, 5.74) is 2.73. The minimum absolute atomic E-state index is 0.727. The molecule has 0 aliphatic heterocycles. The number of aryl methyl sites for hydroxylation is 1. The van der Waals surface area contributed by atoms with Crippen molar-refractivity contribution in [2.75, 3.05) is 20.1 Å². The Balaban J connectivity index is 2.33. The third kappa shape index (κ3) is 5.04. The van der Waals surface area contributed by atoms with E-state index in [4.69, 9.17) is 0 Å². The van der Waals surface area contributed by atoms with Gasteiger partial charge in [-0.3, -0.25) is 4.99 Å². The molecule has 0 unspecified atom stereocenters. The van der Waals surface area contributed by atoms with Crippen LogP contribution in [0, 0.1) is 0 Å². The summed E-state index contributed by atoms with van der Waals surface area (Å²) in [6.07, 6.45) is 3.91. The van der Waals surface area contributed by atoms with Gasteiger partial charge in [0.25, 0.3) is 0 Å². The number of guanidine groups is 1. The Labute approximate surface area is 110 Å². The second kappa shape index (κ2) is 8.34. The maximum Gasteiger partial charge on any atom is 0.191 e. The summed E-state index contributed by atoms with van der Waals surface area (Å²) in [5.74, 6) is 0.820. The zero-order valence-electron chi connectivity index (χ0n) is 11.4. The zero-order chi connectivity index (χ0) is 13.2. The average molecular weight is 245 g/mol. The quantitative estimate of drug-likeness (QED) is 0.458. The lowest BCUT2D eigenvalue weighted by Crippen LogP contribution is -2.38. The monoisotopic (exact) mass is 245 g/mol. The molecule has 3 heteroatoms. The van der Waals surface area contributed by atoms with Crippen molar-refractivity contribution >= 4 is 5.96 Å². The van der Waals surface area contributed by atoms with Crippen molar-refractivity contribution in [3.63, 3.8) is 0 Å². The largest absolute Gasteiger partial charge is 0.356 e. The van der Waals surface area contributed by atoms with Gasteiger partial charge in [0.05, 0.1) is 0 Å². The third-order valence-corrected chi connectivity index (χ3v) is 2.77. The van der Waals surface area contributed by atoms with E-state index in [-0.39, 0.29) is 0 Å². The van der Waals surface area contributed by atoms with Crippen LogP contribution in [0.4, 0.5) is 0 Å². The number of nitrogens with zero attached hydrogens (tertiary/aromatic N) is 1. The SMILES string of the molecule is C=CCNC(=NC)NCCc1ccc(CC)cc1. The van der Waals surface area contributed by atoms with Gasteiger partial charge in [0.1, 0.15) is 0 Å². The number of nitrogens with one attached hydrogen (secondary N) is 2. The Kier molecular flexibility index (Phi) is 6.62. The van der Waals surface area contributed by atoms with Crippen LogP contribution in [0.3, 0.4) is 0 Å². The van der Waals surface area contributed by atoms with Gasteiger partial charge >= 0.3 is 0 Å². The molecule has 0 fully saturated rings. The van der Waals surface area contributed by atoms with Crippen LogP contribution >= 0.6 is 0 Å². The van der Waals surface area contributed by atoms with Crippen molar-refractivity contribution in [3.05, 3.63) is 48.0 Å². The van der Waals surface area contributed by atoms with E-state index in [2.05, 4.69) is 53.4 Å². The molecule has 0 heterocycles. The van der Waals surface area contributed by atoms with Gasteiger partial charge in [-0.2, -0.15) is 0 Å². The Bertz CT molecular complexity index is 379. The molecule has 0 aromatic heterocycles. The molecule has 0 spiro atoms. The van der Waals surface area contributed by atoms with E-state index in [9.17, 15) is 0 Å². The minimum Gasteiger partial charge on any atom is -0.356 e. The third-order valence-electron chi connectivity index (χ3n) is 2.77. The summed E-state index contributed by atoms with van der Waals surface area (Å²) in [6, 6.07) is 8.78. The van der Waals surface area contributed by atoms with Crippen molar-refractivity contribution in [2.24, 2.45) is 4.99 Å². The average Bonchev–Trinajstić information content (AvgIpc) is 2.43. The summed E-state index contributed by atoms with van der Waals surface area (Å²) in [4.78, 5) is 4.13. The fourth-order valence-electron chi connectivity index (χ4n) is 1.66. The highest BCUT2D eigenvalue weighted by molar-refractivity contribution is 5.79. The number of benzene rings is 1. The Morgan fingerprint density at radius 3 is 2.44 bits per heavy atom. The molecular weight excluding hydrogens is 222 g/mol. The highest BCUT2D eigenvalue weighted by Gasteiger charge is 1.96. The highest BCUT2D eigenvalue weighted by atomic mass is 15.2. The van der Waals surface area contributed by atoms with E-state index in [1.54, 1.807) is 7.05 Å². The van der Waals surface area contributed by atoms with Crippen LogP contribution in [-0.4, -0.2) is 26.1 Å². The topological polar surface area (TPSA) is 36.4 Å². The van der Waals surface area contributed by atoms with Gasteiger partial charge in [-0.1, -0.05) is 37.3 Å². The molecule has 0 atom stereocenters. The maximum absolute atomic E-state index is 4.13. The van der Waals surface area contributed by atoms with Crippen molar-refractivity contribution in [1.82, 2.24) is 10.6 Å². The van der Waals surface area contributed by atoms with Gasteiger partial charge in [0.15, 0.2) is 5.96 Å². The second-order valence-electron chi connectivity index (χ2n) is 4.09. The van der Waals surface area contributed by atoms with Gasteiger partial charge in [-0.25, -0.2) is 0 Å². The summed E-state index contributed by atoms with van der Waals surface area (Å²) in [5, 5.41) is 6.42. The number of hydrogen-bond acceptors (Lipinski definition) is 1. The lowest BCUT2D eigenvalue weighted by molar-refractivity contribution is 0.821. The second-order valence-corrected chi connectivity index (χ2v) is 4.09. The first-order chi connectivity index (χ1) is 8.80. The predicted molar refractivity (Wildman–Crippen MR) is 79.1 cm³/mol. The molecule has 0 bridgehead atoms. The van der Waals surface area contributed by atoms with E-state index >= 15 is 0 Å². The van der Waals surface area contributed by atoms with Gasteiger partial charge in [-0.05, 0) is 24.0 Å². The Morgan fingerprint density at radius 1 is 1.22 bits per heavy atom. The van der Waals surface area contributed by atoms with Crippen LogP contribution in [0.15, 0.2) is 41.9 Å². The van der Waals surface area contributed by atoms with E-state index < -0.39 is 0 Å². The van der Waals surface area contributed by atoms with Crippen LogP contribution in [0.1, 0.15) is 18.1 Å². The van der Waals surface area contributed by atoms with Crippen LogP contribution in [0.25, 0.3) is 0 Å². The lowest BCUT2D eigenvalue weighted by Gasteiger charge is -2.10. The lowest BCUT2D eigenvalue weighted by atomic mass is 10.1. The highest BCUT2D eigenvalue weighted by Crippen LogP contribution is 2.05. The number of aliphatic imine (C=N–C) groups is 1. The first-order valence-electron chi connectivity index (χ1n) is 6.43. The molecule has 0 aliphatic rings. The molecule has 1 aromatic carbocycles. The van der Waals surface area contributed by atoms with Gasteiger partial charge < -0.3 is 10.6 Å². The molecular formula is C15H23N3. The molecule has 0 amide bonds. The van der Waals surface area contributed by atoms with E-state index in [1.165, 1.54) is 11.1 Å². The van der Waals surface area contributed by atoms with E-state index in [1.807, 2.05) is 6.08 Å². The molecule has 0 aliphatic carbocycles. The van der Waals surface area contributed by atoms with Crippen molar-refractivity contribution in [2.45, 2.75) is 19.8 Å². The Morgan fingerprint density at radius 2 is 1.89 bits per heavy atom. The molecule has 18 heavy (non-hydrogen) atoms. The summed E-state index contributed by atoms with van der Waals surface area (Å²) < 4.78 is 0. The van der Waals surface area contributed by atoms with Crippen LogP contribution < -0.4 is 10.6 Å². The standard InChI is InChI=1S/C15H23N3/c1-4-11-17-15(16-3)18-12-10-14-8-6-13(5-2)7-9-14/h4,6-9H,1,5,10-12H2,2-3H3,(H2,16,17,18). The van der Waals surface area contributed by atoms with Gasteiger partial charge in [-0.15, -0.1) is 6.58 Å². The smallest absolute Gasteiger partial charge is 0.191 e. The van der Waals surface area contributed by atoms with Gasteiger partial charge in [0.2, 0.25) is 0 Å². The normalized spacial score (nSPS) is 11.1. The fourth-order valence-corrected chi connectivity index (χ4v) is 1.66. The van der Waals surface area contributed by atoms with E-state index in [0.29, 0.717) is 0 Å². The molecule has 1 aromatic rings. The van der Waals surface area contributed by atoms with Crippen molar-refractivity contribution < 1.29 is 0 Å². The van der Waals surface area contributed by atoms with Crippen LogP contribution in [-0.2, 0) is 12.8 Å². The molecule has 98 valence electrons. The van der Waals surface area contributed by atoms with Gasteiger partial charge in [0, 0.05) is 20.1 Å². The molecule has 1 rings (SSSR count). The van der Waals surface area contributed by atoms with Crippen LogP contribution in [0.2, 0.25) is 0 Å². The molecule has 3 nitrogen and oxygen atoms in total. The Hall–Kier alpha value is -1.77. The fraction of sp³-hybridized carbons (Fsp3) is 0.400. The van der Waals surface area contributed by atoms with Crippen LogP contribution in [0.5, 0.6) is 0 Å². The molecule has 2 N–H and O–H groups in total. The minimum atomic E-state index is 0.727. The van der Waals surface area contributed by atoms with E-state index in [0.717, 1.165) is 31.9 Å². The maximum atomic E-state index is 4.13. The predicted octanol–water partition coefficient (Wildman–Crippen LogP) is 2.14. The first-order valence-corrected chi connectivity index (χ1v) is 6.43. The summed E-state index contributed by atoms with van der Waals surface area (Å²) in [7, 11) is 1.77. The summed E-state index contributed by atoms with van der Waals surface area (Å²) in [6.45, 7) is 7.44.